The quantitative estimate of drug-likeness (QED) is 0.821. The van der Waals surface area contributed by atoms with E-state index in [0.29, 0.717) is 17.4 Å². The summed E-state index contributed by atoms with van der Waals surface area (Å²) in [5.41, 5.74) is 0.523. The van der Waals surface area contributed by atoms with E-state index >= 15 is 0 Å². The van der Waals surface area contributed by atoms with Crippen LogP contribution in [0.3, 0.4) is 0 Å². The zero-order chi connectivity index (χ0) is 14.0. The first-order valence-electron chi connectivity index (χ1n) is 6.77. The number of nitrogens with zero attached hydrogens (tertiary/aromatic N) is 1. The Morgan fingerprint density at radius 3 is 2.53 bits per heavy atom. The Bertz CT molecular complexity index is 467. The minimum atomic E-state index is -0.390. The molecule has 0 atom stereocenters. The summed E-state index contributed by atoms with van der Waals surface area (Å²) in [6.45, 7) is 6.05. The Morgan fingerprint density at radius 1 is 1.37 bits per heavy atom. The summed E-state index contributed by atoms with van der Waals surface area (Å²) in [4.78, 5) is 14.4. The highest BCUT2D eigenvalue weighted by atomic mass is 32.1. The van der Waals surface area contributed by atoms with E-state index < -0.39 is 5.82 Å². The number of carbonyl (C=O) groups is 1. The molecule has 0 N–H and O–H groups in total. The van der Waals surface area contributed by atoms with Gasteiger partial charge in [0.15, 0.2) is 0 Å². The minimum Gasteiger partial charge on any atom is -0.339 e. The van der Waals surface area contributed by atoms with Crippen molar-refractivity contribution >= 4 is 18.5 Å². The van der Waals surface area contributed by atoms with Gasteiger partial charge in [0.05, 0.1) is 0 Å². The molecule has 104 valence electrons. The van der Waals surface area contributed by atoms with Gasteiger partial charge >= 0.3 is 0 Å². The van der Waals surface area contributed by atoms with Crippen molar-refractivity contribution < 1.29 is 9.18 Å². The largest absolute Gasteiger partial charge is 0.339 e. The zero-order valence-electron chi connectivity index (χ0n) is 11.4. The number of halogens is 1. The number of carbonyl (C=O) groups excluding carboxylic acids is 1. The fraction of sp³-hybridized carbons (Fsp3) is 0.533. The molecular formula is C15H20FNOS. The van der Waals surface area contributed by atoms with Crippen LogP contribution in [-0.4, -0.2) is 23.9 Å². The summed E-state index contributed by atoms with van der Waals surface area (Å²) in [5.74, 6) is 0.973. The number of amides is 1. The van der Waals surface area contributed by atoms with Gasteiger partial charge in [-0.15, -0.1) is 12.6 Å². The monoisotopic (exact) mass is 281 g/mol. The first kappa shape index (κ1) is 14.4. The molecule has 1 amide bonds. The molecule has 1 aliphatic heterocycles. The molecule has 1 aromatic carbocycles. The highest BCUT2D eigenvalue weighted by Gasteiger charge is 2.25. The SMILES string of the molecule is CC(C)C1CCN(C(=O)c2ccc(F)c(S)c2)CC1. The number of hydrogen-bond donors (Lipinski definition) is 1. The molecule has 0 aromatic heterocycles. The normalized spacial score (nSPS) is 17.0. The third-order valence-corrected chi connectivity index (χ3v) is 4.31. The van der Waals surface area contributed by atoms with Gasteiger partial charge in [-0.05, 0) is 42.9 Å². The molecule has 2 rings (SSSR count). The van der Waals surface area contributed by atoms with E-state index in [1.54, 1.807) is 0 Å². The maximum Gasteiger partial charge on any atom is 0.253 e. The number of piperidine rings is 1. The number of hydrogen-bond acceptors (Lipinski definition) is 2. The van der Waals surface area contributed by atoms with E-state index in [4.69, 9.17) is 0 Å². The van der Waals surface area contributed by atoms with Gasteiger partial charge in [-0.1, -0.05) is 13.8 Å². The van der Waals surface area contributed by atoms with E-state index in [9.17, 15) is 9.18 Å². The molecule has 0 saturated carbocycles. The van der Waals surface area contributed by atoms with Crippen LogP contribution in [-0.2, 0) is 0 Å². The van der Waals surface area contributed by atoms with Crippen LogP contribution in [0.1, 0.15) is 37.0 Å². The van der Waals surface area contributed by atoms with Gasteiger partial charge in [0.25, 0.3) is 5.91 Å². The second-order valence-corrected chi connectivity index (χ2v) is 6.02. The van der Waals surface area contributed by atoms with Crippen LogP contribution in [0.4, 0.5) is 4.39 Å². The summed E-state index contributed by atoms with van der Waals surface area (Å²) in [7, 11) is 0. The average molecular weight is 281 g/mol. The summed E-state index contributed by atoms with van der Waals surface area (Å²) >= 11 is 4.02. The zero-order valence-corrected chi connectivity index (χ0v) is 12.3. The number of benzene rings is 1. The van der Waals surface area contributed by atoms with Crippen LogP contribution >= 0.6 is 12.6 Å². The average Bonchev–Trinajstić information content (AvgIpc) is 2.41. The predicted octanol–water partition coefficient (Wildman–Crippen LogP) is 3.62. The predicted molar refractivity (Wildman–Crippen MR) is 77.1 cm³/mol. The molecule has 0 unspecified atom stereocenters. The lowest BCUT2D eigenvalue weighted by Crippen LogP contribution is -2.39. The van der Waals surface area contributed by atoms with Crippen molar-refractivity contribution in [1.29, 1.82) is 0 Å². The molecule has 0 spiro atoms. The molecule has 1 heterocycles. The van der Waals surface area contributed by atoms with Crippen molar-refractivity contribution in [1.82, 2.24) is 4.90 Å². The van der Waals surface area contributed by atoms with Crippen molar-refractivity contribution in [3.63, 3.8) is 0 Å². The van der Waals surface area contributed by atoms with Crippen LogP contribution in [0, 0.1) is 17.7 Å². The Labute approximate surface area is 119 Å². The van der Waals surface area contributed by atoms with Gasteiger partial charge in [-0.2, -0.15) is 0 Å². The smallest absolute Gasteiger partial charge is 0.253 e. The van der Waals surface area contributed by atoms with Crippen molar-refractivity contribution in [3.8, 4) is 0 Å². The molecule has 1 fully saturated rings. The second-order valence-electron chi connectivity index (χ2n) is 5.54. The van der Waals surface area contributed by atoms with Crippen molar-refractivity contribution in [2.75, 3.05) is 13.1 Å². The number of rotatable bonds is 2. The number of likely N-dealkylation sites (tertiary alicyclic amines) is 1. The van der Waals surface area contributed by atoms with Crippen LogP contribution in [0.15, 0.2) is 23.1 Å². The van der Waals surface area contributed by atoms with Gasteiger partial charge in [-0.3, -0.25) is 4.79 Å². The van der Waals surface area contributed by atoms with Gasteiger partial charge < -0.3 is 4.90 Å². The molecule has 1 saturated heterocycles. The first-order chi connectivity index (χ1) is 8.99. The van der Waals surface area contributed by atoms with E-state index in [1.807, 2.05) is 4.90 Å². The van der Waals surface area contributed by atoms with Crippen LogP contribution in [0.25, 0.3) is 0 Å². The third-order valence-electron chi connectivity index (χ3n) is 3.96. The van der Waals surface area contributed by atoms with E-state index in [0.717, 1.165) is 25.9 Å². The molecule has 19 heavy (non-hydrogen) atoms. The molecule has 1 aliphatic rings. The topological polar surface area (TPSA) is 20.3 Å². The Morgan fingerprint density at radius 2 is 2.00 bits per heavy atom. The molecule has 4 heteroatoms. The summed E-state index contributed by atoms with van der Waals surface area (Å²) < 4.78 is 13.1. The van der Waals surface area contributed by atoms with Gasteiger partial charge in [0, 0.05) is 23.5 Å². The minimum absolute atomic E-state index is 0.0162. The lowest BCUT2D eigenvalue weighted by atomic mass is 9.86. The lowest BCUT2D eigenvalue weighted by molar-refractivity contribution is 0.0667. The Hall–Kier alpha value is -1.03. The highest BCUT2D eigenvalue weighted by molar-refractivity contribution is 7.80. The molecule has 0 aliphatic carbocycles. The van der Waals surface area contributed by atoms with Crippen LogP contribution in [0.2, 0.25) is 0 Å². The van der Waals surface area contributed by atoms with Gasteiger partial charge in [-0.25, -0.2) is 4.39 Å². The summed E-state index contributed by atoms with van der Waals surface area (Å²) in [6.07, 6.45) is 2.11. The highest BCUT2D eigenvalue weighted by Crippen LogP contribution is 2.25. The maximum absolute atomic E-state index is 13.1. The van der Waals surface area contributed by atoms with E-state index in [2.05, 4.69) is 26.5 Å². The molecule has 2 nitrogen and oxygen atoms in total. The molecule has 1 aromatic rings. The van der Waals surface area contributed by atoms with Crippen LogP contribution < -0.4 is 0 Å². The van der Waals surface area contributed by atoms with Crippen molar-refractivity contribution in [3.05, 3.63) is 29.6 Å². The Kier molecular flexibility index (Phi) is 4.50. The van der Waals surface area contributed by atoms with Gasteiger partial charge in [0.2, 0.25) is 0 Å². The Balaban J connectivity index is 2.03. The lowest BCUT2D eigenvalue weighted by Gasteiger charge is -2.34. The fourth-order valence-electron chi connectivity index (χ4n) is 2.60. The molecular weight excluding hydrogens is 261 g/mol. The molecule has 0 radical (unpaired) electrons. The maximum atomic E-state index is 13.1. The van der Waals surface area contributed by atoms with Crippen molar-refractivity contribution in [2.45, 2.75) is 31.6 Å². The third kappa shape index (κ3) is 3.30. The van der Waals surface area contributed by atoms with Gasteiger partial charge in [0.1, 0.15) is 5.82 Å². The second kappa shape index (κ2) is 5.95. The van der Waals surface area contributed by atoms with E-state index in [-0.39, 0.29) is 10.8 Å². The standard InChI is InChI=1S/C15H20FNOS/c1-10(2)11-5-7-17(8-6-11)15(18)12-3-4-13(16)14(19)9-12/h3-4,9-11,19H,5-8H2,1-2H3. The number of thiol groups is 1. The van der Waals surface area contributed by atoms with Crippen molar-refractivity contribution in [2.24, 2.45) is 11.8 Å². The molecule has 0 bridgehead atoms. The van der Waals surface area contributed by atoms with E-state index in [1.165, 1.54) is 18.2 Å². The van der Waals surface area contributed by atoms with Crippen LogP contribution in [0.5, 0.6) is 0 Å². The fourth-order valence-corrected chi connectivity index (χ4v) is 2.81. The summed E-state index contributed by atoms with van der Waals surface area (Å²) in [5, 5.41) is 0. The first-order valence-corrected chi connectivity index (χ1v) is 7.21. The summed E-state index contributed by atoms with van der Waals surface area (Å²) in [6, 6.07) is 4.34.